The Kier molecular flexibility index (Phi) is 5.60. The van der Waals surface area contributed by atoms with Crippen molar-refractivity contribution in [1.29, 1.82) is 0 Å². The van der Waals surface area contributed by atoms with Gasteiger partial charge in [-0.05, 0) is 55.2 Å². The maximum atomic E-state index is 5.43. The van der Waals surface area contributed by atoms with Gasteiger partial charge in [0.25, 0.3) is 0 Å². The fourth-order valence-corrected chi connectivity index (χ4v) is 2.83. The maximum Gasteiger partial charge on any atom is 0.229 e. The van der Waals surface area contributed by atoms with Crippen LogP contribution in [0.4, 0.5) is 23.1 Å². The molecule has 0 unspecified atom stereocenters. The number of hydrogen-bond donors (Lipinski definition) is 2. The average Bonchev–Trinajstić information content (AvgIpc) is 2.62. The fourth-order valence-electron chi connectivity index (χ4n) is 2.83. The van der Waals surface area contributed by atoms with Crippen LogP contribution < -0.4 is 15.4 Å². The standard InChI is InChI=1S/C22H26N4O/c1-14(2)17-7-9-18(10-8-17)24-21-13-16(4)23-22(26-21)25-19-12-15(3)6-11-20(19)27-5/h6-14H,1-5H3,(H2,23,24,25,26). The molecular weight excluding hydrogens is 336 g/mol. The molecule has 0 amide bonds. The number of nitrogens with one attached hydrogen (secondary N) is 2. The predicted molar refractivity (Wildman–Crippen MR) is 112 cm³/mol. The molecule has 140 valence electrons. The zero-order valence-corrected chi connectivity index (χ0v) is 16.5. The first-order valence-corrected chi connectivity index (χ1v) is 9.09. The highest BCUT2D eigenvalue weighted by molar-refractivity contribution is 5.65. The summed E-state index contributed by atoms with van der Waals surface area (Å²) in [6, 6.07) is 16.3. The highest BCUT2D eigenvalue weighted by atomic mass is 16.5. The summed E-state index contributed by atoms with van der Waals surface area (Å²) in [4.78, 5) is 9.09. The highest BCUT2D eigenvalue weighted by Crippen LogP contribution is 2.28. The molecule has 0 saturated carbocycles. The van der Waals surface area contributed by atoms with E-state index in [0.29, 0.717) is 11.9 Å². The molecule has 2 N–H and O–H groups in total. The fraction of sp³-hybridized carbons (Fsp3) is 0.273. The Morgan fingerprint density at radius 1 is 0.889 bits per heavy atom. The highest BCUT2D eigenvalue weighted by Gasteiger charge is 2.08. The van der Waals surface area contributed by atoms with Crippen LogP contribution >= 0.6 is 0 Å². The molecule has 0 aliphatic heterocycles. The van der Waals surface area contributed by atoms with Crippen LogP contribution in [0.25, 0.3) is 0 Å². The first-order chi connectivity index (χ1) is 12.9. The van der Waals surface area contributed by atoms with Gasteiger partial charge in [-0.1, -0.05) is 32.0 Å². The minimum atomic E-state index is 0.514. The monoisotopic (exact) mass is 362 g/mol. The number of benzene rings is 2. The Balaban J connectivity index is 1.83. The summed E-state index contributed by atoms with van der Waals surface area (Å²) < 4.78 is 5.43. The van der Waals surface area contributed by atoms with Gasteiger partial charge in [-0.25, -0.2) is 4.98 Å². The van der Waals surface area contributed by atoms with Gasteiger partial charge in [0, 0.05) is 17.4 Å². The molecule has 0 radical (unpaired) electrons. The number of aryl methyl sites for hydroxylation is 2. The molecular formula is C22H26N4O. The topological polar surface area (TPSA) is 59.1 Å². The van der Waals surface area contributed by atoms with Crippen molar-refractivity contribution in [3.63, 3.8) is 0 Å². The molecule has 2 aromatic carbocycles. The third-order valence-corrected chi connectivity index (χ3v) is 4.31. The van der Waals surface area contributed by atoms with E-state index in [1.807, 2.05) is 38.1 Å². The van der Waals surface area contributed by atoms with Gasteiger partial charge in [0.05, 0.1) is 12.8 Å². The molecule has 0 atom stereocenters. The van der Waals surface area contributed by atoms with Crippen LogP contribution in [0.1, 0.15) is 36.6 Å². The van der Waals surface area contributed by atoms with Gasteiger partial charge in [-0.3, -0.25) is 0 Å². The van der Waals surface area contributed by atoms with Gasteiger partial charge in [0.15, 0.2) is 0 Å². The summed E-state index contributed by atoms with van der Waals surface area (Å²) >= 11 is 0. The van der Waals surface area contributed by atoms with E-state index in [2.05, 4.69) is 58.7 Å². The number of methoxy groups -OCH3 is 1. The van der Waals surface area contributed by atoms with Gasteiger partial charge in [0.1, 0.15) is 11.6 Å². The molecule has 0 aliphatic rings. The van der Waals surface area contributed by atoms with Crippen molar-refractivity contribution < 1.29 is 4.74 Å². The van der Waals surface area contributed by atoms with Crippen LogP contribution in [-0.4, -0.2) is 17.1 Å². The third-order valence-electron chi connectivity index (χ3n) is 4.31. The molecule has 0 saturated heterocycles. The van der Waals surface area contributed by atoms with Gasteiger partial charge in [0.2, 0.25) is 5.95 Å². The lowest BCUT2D eigenvalue weighted by molar-refractivity contribution is 0.416. The minimum Gasteiger partial charge on any atom is -0.495 e. The van der Waals surface area contributed by atoms with Crippen LogP contribution in [-0.2, 0) is 0 Å². The molecule has 1 heterocycles. The molecule has 1 aromatic heterocycles. The van der Waals surface area contributed by atoms with Crippen LogP contribution in [0.5, 0.6) is 5.75 Å². The number of hydrogen-bond acceptors (Lipinski definition) is 5. The summed E-state index contributed by atoms with van der Waals surface area (Å²) in [7, 11) is 1.65. The van der Waals surface area contributed by atoms with E-state index in [1.54, 1.807) is 7.11 Å². The molecule has 5 heteroatoms. The van der Waals surface area contributed by atoms with Gasteiger partial charge >= 0.3 is 0 Å². The SMILES string of the molecule is COc1ccc(C)cc1Nc1nc(C)cc(Nc2ccc(C(C)C)cc2)n1. The zero-order chi connectivity index (χ0) is 19.4. The zero-order valence-electron chi connectivity index (χ0n) is 16.5. The van der Waals surface area contributed by atoms with Gasteiger partial charge < -0.3 is 15.4 Å². The molecule has 5 nitrogen and oxygen atoms in total. The predicted octanol–water partition coefficient (Wildman–Crippen LogP) is 5.71. The Morgan fingerprint density at radius 3 is 2.30 bits per heavy atom. The molecule has 0 spiro atoms. The van der Waals surface area contributed by atoms with E-state index in [9.17, 15) is 0 Å². The Labute approximate surface area is 160 Å². The first-order valence-electron chi connectivity index (χ1n) is 9.09. The summed E-state index contributed by atoms with van der Waals surface area (Å²) in [5.41, 5.74) is 5.16. The van der Waals surface area contributed by atoms with Crippen molar-refractivity contribution in [3.8, 4) is 5.75 Å². The van der Waals surface area contributed by atoms with Crippen molar-refractivity contribution in [2.75, 3.05) is 17.7 Å². The van der Waals surface area contributed by atoms with Gasteiger partial charge in [-0.15, -0.1) is 0 Å². The number of anilines is 4. The molecule has 27 heavy (non-hydrogen) atoms. The number of ether oxygens (including phenoxy) is 1. The third kappa shape index (κ3) is 4.76. The second kappa shape index (κ2) is 8.08. The average molecular weight is 362 g/mol. The molecule has 0 aliphatic carbocycles. The van der Waals surface area contributed by atoms with E-state index in [0.717, 1.165) is 34.2 Å². The lowest BCUT2D eigenvalue weighted by atomic mass is 10.0. The van der Waals surface area contributed by atoms with Crippen molar-refractivity contribution in [3.05, 3.63) is 65.4 Å². The van der Waals surface area contributed by atoms with Crippen molar-refractivity contribution in [1.82, 2.24) is 9.97 Å². The smallest absolute Gasteiger partial charge is 0.229 e. The number of rotatable bonds is 6. The lowest BCUT2D eigenvalue weighted by Gasteiger charge is -2.13. The first kappa shape index (κ1) is 18.7. The van der Waals surface area contributed by atoms with Crippen molar-refractivity contribution in [2.24, 2.45) is 0 Å². The van der Waals surface area contributed by atoms with Crippen LogP contribution in [0.15, 0.2) is 48.5 Å². The second-order valence-electron chi connectivity index (χ2n) is 6.95. The summed E-state index contributed by atoms with van der Waals surface area (Å²) in [5, 5.41) is 6.62. The Bertz CT molecular complexity index is 920. The van der Waals surface area contributed by atoms with E-state index < -0.39 is 0 Å². The van der Waals surface area contributed by atoms with Gasteiger partial charge in [-0.2, -0.15) is 4.98 Å². The summed E-state index contributed by atoms with van der Waals surface area (Å²) in [5.74, 6) is 2.54. The number of nitrogens with zero attached hydrogens (tertiary/aromatic N) is 2. The van der Waals surface area contributed by atoms with E-state index in [-0.39, 0.29) is 0 Å². The largest absolute Gasteiger partial charge is 0.495 e. The van der Waals surface area contributed by atoms with Crippen molar-refractivity contribution >= 4 is 23.1 Å². The minimum absolute atomic E-state index is 0.514. The molecule has 3 aromatic rings. The Morgan fingerprint density at radius 2 is 1.63 bits per heavy atom. The Hall–Kier alpha value is -3.08. The summed E-state index contributed by atoms with van der Waals surface area (Å²) in [6.07, 6.45) is 0. The van der Waals surface area contributed by atoms with Crippen LogP contribution in [0.3, 0.4) is 0 Å². The van der Waals surface area contributed by atoms with E-state index >= 15 is 0 Å². The van der Waals surface area contributed by atoms with E-state index in [1.165, 1.54) is 5.56 Å². The second-order valence-corrected chi connectivity index (χ2v) is 6.95. The van der Waals surface area contributed by atoms with Crippen LogP contribution in [0, 0.1) is 13.8 Å². The summed E-state index contributed by atoms with van der Waals surface area (Å²) in [6.45, 7) is 8.37. The van der Waals surface area contributed by atoms with E-state index in [4.69, 9.17) is 4.74 Å². The normalized spacial score (nSPS) is 10.7. The molecule has 0 bridgehead atoms. The number of aromatic nitrogens is 2. The molecule has 3 rings (SSSR count). The molecule has 0 fully saturated rings. The maximum absolute atomic E-state index is 5.43. The van der Waals surface area contributed by atoms with Crippen molar-refractivity contribution in [2.45, 2.75) is 33.6 Å². The quantitative estimate of drug-likeness (QED) is 0.588. The lowest BCUT2D eigenvalue weighted by Crippen LogP contribution is -2.03. The van der Waals surface area contributed by atoms with Crippen LogP contribution in [0.2, 0.25) is 0 Å².